The molecule has 1 fully saturated rings. The summed E-state index contributed by atoms with van der Waals surface area (Å²) in [6.07, 6.45) is 1.11. The molecule has 2 N–H and O–H groups in total. The molecule has 5 heteroatoms. The zero-order chi connectivity index (χ0) is 15.7. The third-order valence-electron chi connectivity index (χ3n) is 3.82. The number of rotatable bonds is 3. The van der Waals surface area contributed by atoms with Gasteiger partial charge in [-0.25, -0.2) is 9.18 Å². The van der Waals surface area contributed by atoms with Crippen LogP contribution in [0.4, 0.5) is 9.18 Å². The van der Waals surface area contributed by atoms with Crippen molar-refractivity contribution in [2.75, 3.05) is 13.1 Å². The van der Waals surface area contributed by atoms with Crippen LogP contribution in [0.3, 0.4) is 0 Å². The van der Waals surface area contributed by atoms with Crippen LogP contribution in [-0.2, 0) is 10.3 Å². The second-order valence-electron chi connectivity index (χ2n) is 6.46. The molecule has 1 aliphatic rings. The van der Waals surface area contributed by atoms with Crippen molar-refractivity contribution >= 4 is 6.09 Å². The maximum atomic E-state index is 13.1. The maximum Gasteiger partial charge on any atom is 0.411 e. The number of ether oxygens (including phenoxy) is 1. The Labute approximate surface area is 125 Å². The van der Waals surface area contributed by atoms with Crippen molar-refractivity contribution in [1.82, 2.24) is 4.90 Å². The first-order valence-electron chi connectivity index (χ1n) is 7.25. The van der Waals surface area contributed by atoms with E-state index < -0.39 is 11.1 Å². The fraction of sp³-hybridized carbons (Fsp3) is 0.562. The zero-order valence-corrected chi connectivity index (χ0v) is 12.9. The molecule has 1 unspecified atom stereocenters. The van der Waals surface area contributed by atoms with Crippen molar-refractivity contribution in [3.05, 3.63) is 35.6 Å². The summed E-state index contributed by atoms with van der Waals surface area (Å²) in [6, 6.07) is 6.28. The normalized spacial score (nSPS) is 21.9. The van der Waals surface area contributed by atoms with Crippen molar-refractivity contribution < 1.29 is 13.9 Å². The highest BCUT2D eigenvalue weighted by Crippen LogP contribution is 2.44. The third kappa shape index (κ3) is 3.18. The van der Waals surface area contributed by atoms with Gasteiger partial charge >= 0.3 is 6.09 Å². The number of halogens is 1. The standard InChI is InChI=1S/C16H23FN2O2/c1-15(2,3)21-14(20)19-11-9-16(19,8-10-18)12-4-6-13(17)7-5-12/h4-7H,8-11,18H2,1-3H3. The van der Waals surface area contributed by atoms with Crippen molar-refractivity contribution in [3.63, 3.8) is 0 Å². The van der Waals surface area contributed by atoms with Gasteiger partial charge in [0.2, 0.25) is 0 Å². The highest BCUT2D eigenvalue weighted by atomic mass is 19.1. The van der Waals surface area contributed by atoms with Crippen molar-refractivity contribution in [2.45, 2.75) is 44.8 Å². The van der Waals surface area contributed by atoms with E-state index in [0.717, 1.165) is 12.0 Å². The summed E-state index contributed by atoms with van der Waals surface area (Å²) < 4.78 is 18.6. The van der Waals surface area contributed by atoms with E-state index in [-0.39, 0.29) is 11.9 Å². The van der Waals surface area contributed by atoms with Crippen molar-refractivity contribution in [3.8, 4) is 0 Å². The van der Waals surface area contributed by atoms with Crippen LogP contribution in [0.1, 0.15) is 39.2 Å². The van der Waals surface area contributed by atoms with Gasteiger partial charge < -0.3 is 10.5 Å². The molecule has 1 aliphatic heterocycles. The average molecular weight is 294 g/mol. The molecule has 1 aromatic carbocycles. The Morgan fingerprint density at radius 1 is 1.38 bits per heavy atom. The summed E-state index contributed by atoms with van der Waals surface area (Å²) in [7, 11) is 0. The first-order chi connectivity index (χ1) is 9.78. The van der Waals surface area contributed by atoms with Crippen LogP contribution < -0.4 is 5.73 Å². The van der Waals surface area contributed by atoms with E-state index in [2.05, 4.69) is 0 Å². The van der Waals surface area contributed by atoms with E-state index >= 15 is 0 Å². The van der Waals surface area contributed by atoms with Crippen molar-refractivity contribution in [2.24, 2.45) is 5.73 Å². The number of likely N-dealkylation sites (tertiary alicyclic amines) is 1. The minimum Gasteiger partial charge on any atom is -0.444 e. The highest BCUT2D eigenvalue weighted by Gasteiger charge is 2.49. The monoisotopic (exact) mass is 294 g/mol. The largest absolute Gasteiger partial charge is 0.444 e. The van der Waals surface area contributed by atoms with E-state index in [1.54, 1.807) is 17.0 Å². The Hall–Kier alpha value is -1.62. The van der Waals surface area contributed by atoms with Crippen molar-refractivity contribution in [1.29, 1.82) is 0 Å². The molecule has 0 radical (unpaired) electrons. The van der Waals surface area contributed by atoms with Crippen LogP contribution in [0.5, 0.6) is 0 Å². The second-order valence-corrected chi connectivity index (χ2v) is 6.46. The molecule has 4 nitrogen and oxygen atoms in total. The summed E-state index contributed by atoms with van der Waals surface area (Å²) in [5, 5.41) is 0. The Morgan fingerprint density at radius 3 is 2.43 bits per heavy atom. The van der Waals surface area contributed by atoms with Crippen LogP contribution >= 0.6 is 0 Å². The molecule has 0 bridgehead atoms. The molecular weight excluding hydrogens is 271 g/mol. The molecule has 1 aromatic rings. The Balaban J connectivity index is 2.26. The van der Waals surface area contributed by atoms with E-state index in [1.807, 2.05) is 20.8 Å². The van der Waals surface area contributed by atoms with Crippen LogP contribution in [-0.4, -0.2) is 29.7 Å². The zero-order valence-electron chi connectivity index (χ0n) is 12.9. The second kappa shape index (κ2) is 5.64. The molecule has 1 heterocycles. The lowest BCUT2D eigenvalue weighted by atomic mass is 9.76. The molecule has 116 valence electrons. The fourth-order valence-corrected chi connectivity index (χ4v) is 2.78. The number of hydrogen-bond acceptors (Lipinski definition) is 3. The number of hydrogen-bond donors (Lipinski definition) is 1. The van der Waals surface area contributed by atoms with Crippen LogP contribution in [0.25, 0.3) is 0 Å². The summed E-state index contributed by atoms with van der Waals surface area (Å²) in [6.45, 7) is 6.61. The predicted octanol–water partition coefficient (Wildman–Crippen LogP) is 3.01. The van der Waals surface area contributed by atoms with Gasteiger partial charge in [0.15, 0.2) is 0 Å². The molecule has 21 heavy (non-hydrogen) atoms. The number of carbonyl (C=O) groups excluding carboxylic acids is 1. The minimum atomic E-state index is -0.538. The van der Waals surface area contributed by atoms with E-state index in [9.17, 15) is 9.18 Å². The van der Waals surface area contributed by atoms with E-state index in [0.29, 0.717) is 19.5 Å². The highest BCUT2D eigenvalue weighted by molar-refractivity contribution is 5.71. The summed E-state index contributed by atoms with van der Waals surface area (Å²) in [5.41, 5.74) is 5.63. The third-order valence-corrected chi connectivity index (χ3v) is 3.82. The van der Waals surface area contributed by atoms with Gasteiger partial charge in [-0.1, -0.05) is 12.1 Å². The minimum absolute atomic E-state index is 0.287. The number of nitrogens with two attached hydrogens (primary N) is 1. The molecule has 1 atom stereocenters. The SMILES string of the molecule is CC(C)(C)OC(=O)N1CCC1(CCN)c1ccc(F)cc1. The van der Waals surface area contributed by atoms with Gasteiger partial charge in [-0.2, -0.15) is 0 Å². The molecule has 1 saturated heterocycles. The first kappa shape index (κ1) is 15.8. The number of benzene rings is 1. The number of nitrogens with zero attached hydrogens (tertiary/aromatic N) is 1. The molecule has 0 aromatic heterocycles. The number of carbonyl (C=O) groups is 1. The predicted molar refractivity (Wildman–Crippen MR) is 79.3 cm³/mol. The Morgan fingerprint density at radius 2 is 2.00 bits per heavy atom. The number of amides is 1. The summed E-state index contributed by atoms with van der Waals surface area (Å²) in [4.78, 5) is 14.1. The Kier molecular flexibility index (Phi) is 4.23. The Bertz CT molecular complexity index is 510. The quantitative estimate of drug-likeness (QED) is 0.932. The fourth-order valence-electron chi connectivity index (χ4n) is 2.78. The topological polar surface area (TPSA) is 55.6 Å². The van der Waals surface area contributed by atoms with Gasteiger partial charge in [0.05, 0.1) is 5.54 Å². The summed E-state index contributed by atoms with van der Waals surface area (Å²) >= 11 is 0. The van der Waals surface area contributed by atoms with E-state index in [1.165, 1.54) is 12.1 Å². The van der Waals surface area contributed by atoms with Crippen LogP contribution in [0.15, 0.2) is 24.3 Å². The first-order valence-corrected chi connectivity index (χ1v) is 7.25. The van der Waals surface area contributed by atoms with Crippen LogP contribution in [0.2, 0.25) is 0 Å². The molecule has 0 saturated carbocycles. The van der Waals surface area contributed by atoms with E-state index in [4.69, 9.17) is 10.5 Å². The molecule has 1 amide bonds. The van der Waals surface area contributed by atoms with Gasteiger partial charge in [0, 0.05) is 6.54 Å². The molecule has 0 aliphatic carbocycles. The lowest BCUT2D eigenvalue weighted by molar-refractivity contribution is -0.0504. The lowest BCUT2D eigenvalue weighted by Gasteiger charge is -2.53. The summed E-state index contributed by atoms with van der Waals surface area (Å²) in [5.74, 6) is -0.287. The van der Waals surface area contributed by atoms with Gasteiger partial charge in [-0.3, -0.25) is 4.90 Å². The van der Waals surface area contributed by atoms with Gasteiger partial charge in [0.1, 0.15) is 11.4 Å². The smallest absolute Gasteiger partial charge is 0.411 e. The molecule has 2 rings (SSSR count). The lowest BCUT2D eigenvalue weighted by Crippen LogP contribution is -2.61. The molecular formula is C16H23FN2O2. The van der Waals surface area contributed by atoms with Gasteiger partial charge in [-0.15, -0.1) is 0 Å². The van der Waals surface area contributed by atoms with Gasteiger partial charge in [0.25, 0.3) is 0 Å². The van der Waals surface area contributed by atoms with Gasteiger partial charge in [-0.05, 0) is 57.9 Å². The average Bonchev–Trinajstić information content (AvgIpc) is 2.33. The van der Waals surface area contributed by atoms with Crippen LogP contribution in [0, 0.1) is 5.82 Å². The maximum absolute atomic E-state index is 13.1. The molecule has 0 spiro atoms.